The van der Waals surface area contributed by atoms with Crippen molar-refractivity contribution < 1.29 is 33.2 Å². The first-order valence-corrected chi connectivity index (χ1v) is 13.6. The summed E-state index contributed by atoms with van der Waals surface area (Å²) in [6.45, 7) is 4.80. The molecule has 3 aromatic carbocycles. The Balaban J connectivity index is 0.00000137. The topological polar surface area (TPSA) is 74.2 Å². The van der Waals surface area contributed by atoms with Gasteiger partial charge < -0.3 is 24.1 Å². The van der Waals surface area contributed by atoms with Gasteiger partial charge in [0.15, 0.2) is 0 Å². The molecule has 4 rings (SSSR count). The lowest BCUT2D eigenvalue weighted by molar-refractivity contribution is -0.136. The lowest BCUT2D eigenvalue weighted by Crippen LogP contribution is -2.29. The van der Waals surface area contributed by atoms with Crippen molar-refractivity contribution in [2.75, 3.05) is 27.9 Å². The van der Waals surface area contributed by atoms with Crippen molar-refractivity contribution in [1.82, 2.24) is 0 Å². The van der Waals surface area contributed by atoms with Crippen LogP contribution >= 0.6 is 0 Å². The van der Waals surface area contributed by atoms with E-state index in [1.807, 2.05) is 56.3 Å². The molecule has 216 valence electrons. The molecule has 1 fully saturated rings. The van der Waals surface area contributed by atoms with E-state index in [1.54, 1.807) is 33.5 Å². The van der Waals surface area contributed by atoms with Crippen LogP contribution in [0.1, 0.15) is 62.3 Å². The standard InChI is InChI=1S/C30H35FO6.C3H6/c1-30(2,19-34-3)29(36-5)26-16-21(9-12-24(26)25-17-22(35-4)11-13-27(25)31)18-37-23-8-6-7-20(15-23)10-14-28(32)33;1-2-3-1/h6-9,11-13,15-17,29H,10,14,18-19H2,1-5H3,(H,32,33);1-3H2. The summed E-state index contributed by atoms with van der Waals surface area (Å²) in [7, 11) is 4.83. The molecule has 0 radical (unpaired) electrons. The van der Waals surface area contributed by atoms with Gasteiger partial charge in [-0.3, -0.25) is 4.79 Å². The molecule has 6 nitrogen and oxygen atoms in total. The summed E-state index contributed by atoms with van der Waals surface area (Å²) < 4.78 is 37.8. The van der Waals surface area contributed by atoms with Crippen molar-refractivity contribution in [1.29, 1.82) is 0 Å². The van der Waals surface area contributed by atoms with Gasteiger partial charge in [-0.05, 0) is 65.1 Å². The Morgan fingerprint density at radius 3 is 2.30 bits per heavy atom. The first-order chi connectivity index (χ1) is 19.2. The Morgan fingerprint density at radius 2 is 1.68 bits per heavy atom. The van der Waals surface area contributed by atoms with Gasteiger partial charge in [0.1, 0.15) is 23.9 Å². The minimum absolute atomic E-state index is 0.0603. The van der Waals surface area contributed by atoms with Crippen molar-refractivity contribution in [2.45, 2.75) is 58.7 Å². The van der Waals surface area contributed by atoms with Gasteiger partial charge in [0, 0.05) is 31.6 Å². The lowest BCUT2D eigenvalue weighted by atomic mass is 9.80. The molecule has 1 aliphatic rings. The predicted molar refractivity (Wildman–Crippen MR) is 154 cm³/mol. The van der Waals surface area contributed by atoms with Gasteiger partial charge in [0.2, 0.25) is 0 Å². The van der Waals surface area contributed by atoms with Gasteiger partial charge in [-0.15, -0.1) is 0 Å². The predicted octanol–water partition coefficient (Wildman–Crippen LogP) is 7.63. The average Bonchev–Trinajstić information content (AvgIpc) is 3.82. The van der Waals surface area contributed by atoms with Crippen LogP contribution < -0.4 is 9.47 Å². The number of benzene rings is 3. The number of carboxylic acids is 1. The maximum Gasteiger partial charge on any atom is 0.303 e. The largest absolute Gasteiger partial charge is 0.497 e. The van der Waals surface area contributed by atoms with Gasteiger partial charge >= 0.3 is 5.97 Å². The Hall–Kier alpha value is -3.42. The van der Waals surface area contributed by atoms with Gasteiger partial charge in [-0.25, -0.2) is 4.39 Å². The molecule has 1 atom stereocenters. The van der Waals surface area contributed by atoms with Gasteiger partial charge in [0.25, 0.3) is 0 Å². The van der Waals surface area contributed by atoms with Crippen LogP contribution in [0.25, 0.3) is 11.1 Å². The van der Waals surface area contributed by atoms with E-state index in [0.717, 1.165) is 16.7 Å². The molecule has 0 bridgehead atoms. The number of methoxy groups -OCH3 is 3. The van der Waals surface area contributed by atoms with Crippen molar-refractivity contribution in [3.05, 3.63) is 83.2 Å². The first kappa shape index (κ1) is 31.1. The second kappa shape index (κ2) is 14.8. The molecule has 0 heterocycles. The SMILES string of the molecule is C1CC1.COCC(C)(C)C(OC)c1cc(COc2cccc(CCC(=O)O)c2)ccc1-c1cc(OC)ccc1F. The van der Waals surface area contributed by atoms with Crippen LogP contribution in [-0.2, 0) is 27.3 Å². The van der Waals surface area contributed by atoms with E-state index in [1.165, 1.54) is 25.3 Å². The maximum atomic E-state index is 15.0. The highest BCUT2D eigenvalue weighted by Crippen LogP contribution is 2.42. The van der Waals surface area contributed by atoms with E-state index in [9.17, 15) is 4.79 Å². The highest BCUT2D eigenvalue weighted by atomic mass is 19.1. The molecular weight excluding hydrogens is 511 g/mol. The number of hydrogen-bond acceptors (Lipinski definition) is 5. The fraction of sp³-hybridized carbons (Fsp3) is 0.424. The summed E-state index contributed by atoms with van der Waals surface area (Å²) in [5, 5.41) is 8.95. The molecule has 1 unspecified atom stereocenters. The van der Waals surface area contributed by atoms with Gasteiger partial charge in [-0.2, -0.15) is 0 Å². The smallest absolute Gasteiger partial charge is 0.303 e. The molecule has 1 saturated carbocycles. The van der Waals surface area contributed by atoms with E-state index in [2.05, 4.69) is 0 Å². The highest BCUT2D eigenvalue weighted by molar-refractivity contribution is 5.70. The van der Waals surface area contributed by atoms with Crippen LogP contribution in [0.2, 0.25) is 0 Å². The van der Waals surface area contributed by atoms with E-state index in [0.29, 0.717) is 35.7 Å². The molecule has 0 aliphatic heterocycles. The third kappa shape index (κ3) is 9.07. The van der Waals surface area contributed by atoms with Crippen LogP contribution in [0.5, 0.6) is 11.5 Å². The van der Waals surface area contributed by atoms with E-state index in [-0.39, 0.29) is 18.8 Å². The summed E-state index contributed by atoms with van der Waals surface area (Å²) in [4.78, 5) is 10.9. The Morgan fingerprint density at radius 1 is 0.925 bits per heavy atom. The van der Waals surface area contributed by atoms with Crippen LogP contribution in [0.3, 0.4) is 0 Å². The van der Waals surface area contributed by atoms with Crippen molar-refractivity contribution >= 4 is 5.97 Å². The summed E-state index contributed by atoms with van der Waals surface area (Å²) in [6, 6.07) is 17.9. The molecule has 0 spiro atoms. The molecule has 1 aliphatic carbocycles. The number of aliphatic carboxylic acids is 1. The van der Waals surface area contributed by atoms with Crippen LogP contribution in [0, 0.1) is 11.2 Å². The number of halogens is 1. The van der Waals surface area contributed by atoms with E-state index < -0.39 is 17.5 Å². The zero-order valence-corrected chi connectivity index (χ0v) is 24.2. The molecule has 1 N–H and O–H groups in total. The van der Waals surface area contributed by atoms with Crippen molar-refractivity contribution in [3.8, 4) is 22.6 Å². The maximum absolute atomic E-state index is 15.0. The number of carboxylic acid groups (broad SMARTS) is 1. The first-order valence-electron chi connectivity index (χ1n) is 13.6. The Bertz CT molecular complexity index is 1250. The molecule has 0 saturated heterocycles. The fourth-order valence-corrected chi connectivity index (χ4v) is 4.53. The molecule has 7 heteroatoms. The summed E-state index contributed by atoms with van der Waals surface area (Å²) in [5.41, 5.74) is 3.30. The van der Waals surface area contributed by atoms with Gasteiger partial charge in [0.05, 0.1) is 19.8 Å². The quantitative estimate of drug-likeness (QED) is 0.235. The second-order valence-electron chi connectivity index (χ2n) is 10.7. The molecule has 0 amide bonds. The fourth-order valence-electron chi connectivity index (χ4n) is 4.53. The minimum Gasteiger partial charge on any atom is -0.497 e. The minimum atomic E-state index is -0.837. The summed E-state index contributed by atoms with van der Waals surface area (Å²) in [5.74, 6) is 0.0113. The Kier molecular flexibility index (Phi) is 11.5. The van der Waals surface area contributed by atoms with Gasteiger partial charge in [-0.1, -0.05) is 57.4 Å². The monoisotopic (exact) mass is 552 g/mol. The second-order valence-corrected chi connectivity index (χ2v) is 10.7. The normalized spacial score (nSPS) is 13.2. The number of rotatable bonds is 13. The van der Waals surface area contributed by atoms with Crippen LogP contribution in [0.15, 0.2) is 60.7 Å². The van der Waals surface area contributed by atoms with Crippen LogP contribution in [-0.4, -0.2) is 39.0 Å². The lowest BCUT2D eigenvalue weighted by Gasteiger charge is -2.34. The third-order valence-electron chi connectivity index (χ3n) is 6.61. The number of aryl methyl sites for hydroxylation is 1. The zero-order chi connectivity index (χ0) is 29.1. The molecule has 0 aromatic heterocycles. The number of ether oxygens (including phenoxy) is 4. The summed E-state index contributed by atoms with van der Waals surface area (Å²) >= 11 is 0. The highest BCUT2D eigenvalue weighted by Gasteiger charge is 2.33. The Labute approximate surface area is 237 Å². The summed E-state index contributed by atoms with van der Waals surface area (Å²) in [6.07, 6.45) is 4.60. The third-order valence-corrected chi connectivity index (χ3v) is 6.61. The number of hydrogen-bond donors (Lipinski definition) is 1. The molecular formula is C33H41FO6. The zero-order valence-electron chi connectivity index (χ0n) is 24.2. The average molecular weight is 553 g/mol. The van der Waals surface area contributed by atoms with Crippen molar-refractivity contribution in [2.24, 2.45) is 5.41 Å². The van der Waals surface area contributed by atoms with Crippen molar-refractivity contribution in [3.63, 3.8) is 0 Å². The van der Waals surface area contributed by atoms with Crippen LogP contribution in [0.4, 0.5) is 4.39 Å². The van der Waals surface area contributed by atoms with E-state index in [4.69, 9.17) is 24.1 Å². The molecule has 40 heavy (non-hydrogen) atoms. The number of carbonyl (C=O) groups is 1. The van der Waals surface area contributed by atoms with E-state index >= 15 is 4.39 Å². The molecule has 3 aromatic rings.